The molecule has 0 heterocycles. The molecule has 0 aromatic heterocycles. The van der Waals surface area contributed by atoms with Gasteiger partial charge in [-0.15, -0.1) is 0 Å². The van der Waals surface area contributed by atoms with Crippen LogP contribution in [0.25, 0.3) is 0 Å². The number of hydrogen-bond donors (Lipinski definition) is 0. The zero-order chi connectivity index (χ0) is 14.8. The lowest BCUT2D eigenvalue weighted by Gasteiger charge is -2.07. The van der Waals surface area contributed by atoms with Crippen molar-refractivity contribution in [3.8, 4) is 6.07 Å². The summed E-state index contributed by atoms with van der Waals surface area (Å²) >= 11 is 11.7. The zero-order valence-electron chi connectivity index (χ0n) is 10.2. The van der Waals surface area contributed by atoms with Crippen molar-refractivity contribution in [3.05, 3.63) is 63.6 Å². The maximum Gasteiger partial charge on any atom is 0.184 e. The third-order valence-corrected chi connectivity index (χ3v) is 5.04. The number of nitrogens with zero attached hydrogens (tertiary/aromatic N) is 1. The van der Waals surface area contributed by atoms with Crippen molar-refractivity contribution in [1.29, 1.82) is 5.26 Å². The number of sulfone groups is 1. The molecule has 0 radical (unpaired) electrons. The topological polar surface area (TPSA) is 57.9 Å². The molecule has 0 bridgehead atoms. The molecule has 102 valence electrons. The minimum absolute atomic E-state index is 0.00553. The van der Waals surface area contributed by atoms with Gasteiger partial charge in [-0.3, -0.25) is 0 Å². The molecule has 0 unspecified atom stereocenters. The third-order valence-electron chi connectivity index (χ3n) is 2.64. The smallest absolute Gasteiger partial charge is 0.184 e. The van der Waals surface area contributed by atoms with Crippen LogP contribution in [0.5, 0.6) is 0 Å². The van der Waals surface area contributed by atoms with Crippen molar-refractivity contribution in [2.75, 3.05) is 0 Å². The van der Waals surface area contributed by atoms with E-state index in [0.717, 1.165) is 0 Å². The standard InChI is InChI=1S/C14H9Cl2NO2S/c15-12-4-5-13(16)14(7-12)20(18,19)9-11-3-1-2-10(6-11)8-17/h1-7H,9H2. The maximum atomic E-state index is 12.3. The largest absolute Gasteiger partial charge is 0.223 e. The molecule has 6 heteroatoms. The summed E-state index contributed by atoms with van der Waals surface area (Å²) in [5, 5.41) is 9.25. The second kappa shape index (κ2) is 5.84. The first-order valence-corrected chi connectivity index (χ1v) is 8.00. The Kier molecular flexibility index (Phi) is 4.34. The van der Waals surface area contributed by atoms with Crippen molar-refractivity contribution in [3.63, 3.8) is 0 Å². The average Bonchev–Trinajstić information content (AvgIpc) is 2.41. The van der Waals surface area contributed by atoms with Gasteiger partial charge in [-0.2, -0.15) is 5.26 Å². The summed E-state index contributed by atoms with van der Waals surface area (Å²) in [7, 11) is -3.62. The van der Waals surface area contributed by atoms with Gasteiger partial charge in [0.05, 0.1) is 27.3 Å². The van der Waals surface area contributed by atoms with E-state index in [9.17, 15) is 8.42 Å². The molecule has 0 amide bonds. The van der Waals surface area contributed by atoms with Crippen molar-refractivity contribution < 1.29 is 8.42 Å². The predicted molar refractivity (Wildman–Crippen MR) is 78.5 cm³/mol. The van der Waals surface area contributed by atoms with E-state index in [1.807, 2.05) is 6.07 Å². The molecule has 0 saturated heterocycles. The van der Waals surface area contributed by atoms with E-state index in [4.69, 9.17) is 28.5 Å². The van der Waals surface area contributed by atoms with Gasteiger partial charge in [0.15, 0.2) is 9.84 Å². The summed E-state index contributed by atoms with van der Waals surface area (Å²) in [5.41, 5.74) is 0.940. The van der Waals surface area contributed by atoms with Crippen LogP contribution in [-0.2, 0) is 15.6 Å². The lowest BCUT2D eigenvalue weighted by Crippen LogP contribution is -2.06. The van der Waals surface area contributed by atoms with Crippen LogP contribution in [0.3, 0.4) is 0 Å². The highest BCUT2D eigenvalue weighted by Crippen LogP contribution is 2.27. The molecule has 2 rings (SSSR count). The summed E-state index contributed by atoms with van der Waals surface area (Å²) in [6, 6.07) is 12.7. The van der Waals surface area contributed by atoms with Crippen molar-refractivity contribution in [1.82, 2.24) is 0 Å². The monoisotopic (exact) mass is 325 g/mol. The van der Waals surface area contributed by atoms with Gasteiger partial charge in [0.1, 0.15) is 0 Å². The van der Waals surface area contributed by atoms with Crippen LogP contribution in [0.4, 0.5) is 0 Å². The Balaban J connectivity index is 2.41. The molecule has 20 heavy (non-hydrogen) atoms. The molecule has 0 aliphatic heterocycles. The zero-order valence-corrected chi connectivity index (χ0v) is 12.5. The highest BCUT2D eigenvalue weighted by Gasteiger charge is 2.19. The van der Waals surface area contributed by atoms with Gasteiger partial charge >= 0.3 is 0 Å². The number of hydrogen-bond acceptors (Lipinski definition) is 3. The fraction of sp³-hybridized carbons (Fsp3) is 0.0714. The molecule has 0 aliphatic carbocycles. The van der Waals surface area contributed by atoms with Crippen LogP contribution in [0.15, 0.2) is 47.4 Å². The number of rotatable bonds is 3. The molecule has 0 atom stereocenters. The van der Waals surface area contributed by atoms with Gasteiger partial charge in [0.25, 0.3) is 0 Å². The van der Waals surface area contributed by atoms with E-state index in [0.29, 0.717) is 16.1 Å². The fourth-order valence-corrected chi connectivity index (χ4v) is 3.90. The van der Waals surface area contributed by atoms with Crippen LogP contribution in [0.1, 0.15) is 11.1 Å². The predicted octanol–water partition coefficient (Wildman–Crippen LogP) is 3.84. The molecule has 2 aromatic carbocycles. The van der Waals surface area contributed by atoms with Crippen LogP contribution in [0.2, 0.25) is 10.0 Å². The van der Waals surface area contributed by atoms with Crippen molar-refractivity contribution >= 4 is 33.0 Å². The van der Waals surface area contributed by atoms with E-state index in [2.05, 4.69) is 0 Å². The van der Waals surface area contributed by atoms with E-state index >= 15 is 0 Å². The average molecular weight is 326 g/mol. The van der Waals surface area contributed by atoms with Crippen LogP contribution >= 0.6 is 23.2 Å². The summed E-state index contributed by atoms with van der Waals surface area (Å²) in [6.07, 6.45) is 0. The van der Waals surface area contributed by atoms with Crippen LogP contribution in [-0.4, -0.2) is 8.42 Å². The molecule has 0 N–H and O–H groups in total. The first-order valence-electron chi connectivity index (χ1n) is 5.59. The minimum atomic E-state index is -3.62. The van der Waals surface area contributed by atoms with Gasteiger partial charge in [0.2, 0.25) is 0 Å². The van der Waals surface area contributed by atoms with Gasteiger partial charge in [-0.05, 0) is 35.9 Å². The molecule has 0 saturated carbocycles. The number of benzene rings is 2. The SMILES string of the molecule is N#Cc1cccc(CS(=O)(=O)c2cc(Cl)ccc2Cl)c1. The lowest BCUT2D eigenvalue weighted by molar-refractivity contribution is 0.595. The molecule has 0 fully saturated rings. The summed E-state index contributed by atoms with van der Waals surface area (Å²) in [5.74, 6) is -0.234. The Morgan fingerprint density at radius 2 is 1.85 bits per heavy atom. The summed E-state index contributed by atoms with van der Waals surface area (Å²) < 4.78 is 24.7. The highest BCUT2D eigenvalue weighted by atomic mass is 35.5. The first-order chi connectivity index (χ1) is 9.42. The summed E-state index contributed by atoms with van der Waals surface area (Å²) in [4.78, 5) is -0.00553. The lowest BCUT2D eigenvalue weighted by atomic mass is 10.2. The first kappa shape index (κ1) is 14.9. The van der Waals surface area contributed by atoms with E-state index < -0.39 is 9.84 Å². The van der Waals surface area contributed by atoms with Crippen molar-refractivity contribution in [2.45, 2.75) is 10.6 Å². The Morgan fingerprint density at radius 1 is 1.10 bits per heavy atom. The van der Waals surface area contributed by atoms with Gasteiger partial charge in [-0.25, -0.2) is 8.42 Å². The molecule has 2 aromatic rings. The molecule has 0 aliphatic rings. The highest BCUT2D eigenvalue weighted by molar-refractivity contribution is 7.90. The van der Waals surface area contributed by atoms with Crippen LogP contribution in [0, 0.1) is 11.3 Å². The van der Waals surface area contributed by atoms with E-state index in [-0.39, 0.29) is 15.7 Å². The fourth-order valence-electron chi connectivity index (χ4n) is 1.74. The second-order valence-corrected chi connectivity index (χ2v) is 6.95. The maximum absolute atomic E-state index is 12.3. The van der Waals surface area contributed by atoms with E-state index in [1.54, 1.807) is 18.2 Å². The molecular weight excluding hydrogens is 317 g/mol. The van der Waals surface area contributed by atoms with Crippen LogP contribution < -0.4 is 0 Å². The van der Waals surface area contributed by atoms with Gasteiger partial charge in [0, 0.05) is 5.02 Å². The summed E-state index contributed by atoms with van der Waals surface area (Å²) in [6.45, 7) is 0. The Labute approximate surface area is 127 Å². The minimum Gasteiger partial charge on any atom is -0.223 e. The van der Waals surface area contributed by atoms with Gasteiger partial charge < -0.3 is 0 Å². The van der Waals surface area contributed by atoms with E-state index in [1.165, 1.54) is 24.3 Å². The second-order valence-electron chi connectivity index (χ2n) is 4.15. The Hall–Kier alpha value is -1.54. The Bertz CT molecular complexity index is 795. The number of nitriles is 1. The van der Waals surface area contributed by atoms with Crippen molar-refractivity contribution in [2.24, 2.45) is 0 Å². The molecular formula is C14H9Cl2NO2S. The molecule has 3 nitrogen and oxygen atoms in total. The quantitative estimate of drug-likeness (QED) is 0.861. The Morgan fingerprint density at radius 3 is 2.55 bits per heavy atom. The normalized spacial score (nSPS) is 11.1. The number of halogens is 2. The molecule has 0 spiro atoms. The van der Waals surface area contributed by atoms with Gasteiger partial charge in [-0.1, -0.05) is 35.3 Å². The third kappa shape index (κ3) is 3.31.